The molecule has 0 aromatic carbocycles. The van der Waals surface area contributed by atoms with Gasteiger partial charge in [0.1, 0.15) is 0 Å². The summed E-state index contributed by atoms with van der Waals surface area (Å²) in [4.78, 5) is 28.2. The van der Waals surface area contributed by atoms with Crippen LogP contribution in [0.2, 0.25) is 0 Å². The van der Waals surface area contributed by atoms with Gasteiger partial charge in [0.2, 0.25) is 5.91 Å². The fourth-order valence-electron chi connectivity index (χ4n) is 1.39. The number of aliphatic hydroxyl groups excluding tert-OH is 1. The Labute approximate surface area is 106 Å². The summed E-state index contributed by atoms with van der Waals surface area (Å²) >= 11 is 0. The molecule has 2 amide bonds. The number of nitrogens with one attached hydrogen (secondary N) is 1. The van der Waals surface area contributed by atoms with E-state index in [2.05, 4.69) is 10.3 Å². The van der Waals surface area contributed by atoms with Crippen LogP contribution in [0, 0.1) is 0 Å². The van der Waals surface area contributed by atoms with Crippen molar-refractivity contribution in [3.63, 3.8) is 0 Å². The number of pyridine rings is 1. The van der Waals surface area contributed by atoms with Crippen molar-refractivity contribution in [3.05, 3.63) is 29.6 Å². The summed E-state index contributed by atoms with van der Waals surface area (Å²) in [5, 5.41) is 11.4. The molecule has 1 heterocycles. The minimum atomic E-state index is -0.185. The molecule has 0 atom stereocenters. The monoisotopic (exact) mass is 251 g/mol. The van der Waals surface area contributed by atoms with Crippen LogP contribution in [-0.4, -0.2) is 47.0 Å². The van der Waals surface area contributed by atoms with Gasteiger partial charge in [-0.2, -0.15) is 0 Å². The summed E-state index contributed by atoms with van der Waals surface area (Å²) in [6, 6.07) is 3.24. The number of carbonyl (C=O) groups is 2. The van der Waals surface area contributed by atoms with Gasteiger partial charge in [0.15, 0.2) is 0 Å². The average molecular weight is 251 g/mol. The molecule has 0 fully saturated rings. The highest BCUT2D eigenvalue weighted by molar-refractivity contribution is 5.94. The van der Waals surface area contributed by atoms with E-state index in [1.165, 1.54) is 18.0 Å². The highest BCUT2D eigenvalue weighted by Crippen LogP contribution is 2.05. The molecule has 0 aliphatic heterocycles. The van der Waals surface area contributed by atoms with Gasteiger partial charge < -0.3 is 15.3 Å². The van der Waals surface area contributed by atoms with Crippen LogP contribution in [0.25, 0.3) is 0 Å². The number of aromatic nitrogens is 1. The van der Waals surface area contributed by atoms with Crippen molar-refractivity contribution in [2.24, 2.45) is 0 Å². The maximum atomic E-state index is 11.9. The van der Waals surface area contributed by atoms with Gasteiger partial charge in [-0.15, -0.1) is 0 Å². The van der Waals surface area contributed by atoms with E-state index in [1.54, 1.807) is 19.2 Å². The van der Waals surface area contributed by atoms with E-state index in [4.69, 9.17) is 5.11 Å². The lowest BCUT2D eigenvalue weighted by molar-refractivity contribution is -0.119. The first-order valence-electron chi connectivity index (χ1n) is 5.60. The first-order valence-corrected chi connectivity index (χ1v) is 5.60. The normalized spacial score (nSPS) is 9.94. The first kappa shape index (κ1) is 14.1. The van der Waals surface area contributed by atoms with Crippen molar-refractivity contribution in [1.29, 1.82) is 0 Å². The lowest BCUT2D eigenvalue weighted by Gasteiger charge is -2.15. The Morgan fingerprint density at radius 2 is 2.22 bits per heavy atom. The minimum absolute atomic E-state index is 0.0773. The van der Waals surface area contributed by atoms with Gasteiger partial charge in [-0.05, 0) is 12.1 Å². The third-order valence-corrected chi connectivity index (χ3v) is 2.36. The van der Waals surface area contributed by atoms with Gasteiger partial charge in [0, 0.05) is 32.3 Å². The molecule has 98 valence electrons. The second kappa shape index (κ2) is 6.70. The van der Waals surface area contributed by atoms with Crippen molar-refractivity contribution >= 4 is 11.8 Å². The van der Waals surface area contributed by atoms with Crippen LogP contribution in [0.5, 0.6) is 0 Å². The van der Waals surface area contributed by atoms with E-state index in [-0.39, 0.29) is 25.0 Å². The molecule has 0 aliphatic rings. The summed E-state index contributed by atoms with van der Waals surface area (Å²) in [5.41, 5.74) is 1.11. The number of likely N-dealkylation sites (N-methyl/N-ethyl adjacent to an activating group) is 1. The average Bonchev–Trinajstić information content (AvgIpc) is 2.36. The zero-order valence-corrected chi connectivity index (χ0v) is 10.5. The zero-order chi connectivity index (χ0) is 13.5. The molecule has 0 saturated carbocycles. The zero-order valence-electron chi connectivity index (χ0n) is 10.5. The minimum Gasteiger partial charge on any atom is -0.395 e. The quantitative estimate of drug-likeness (QED) is 0.758. The molecule has 0 saturated heterocycles. The summed E-state index contributed by atoms with van der Waals surface area (Å²) in [7, 11) is 1.62. The smallest absolute Gasteiger partial charge is 0.253 e. The van der Waals surface area contributed by atoms with E-state index in [9.17, 15) is 9.59 Å². The molecule has 1 aromatic rings. The van der Waals surface area contributed by atoms with Gasteiger partial charge in [-0.3, -0.25) is 14.6 Å². The van der Waals surface area contributed by atoms with Crippen LogP contribution in [0.1, 0.15) is 23.0 Å². The Hall–Kier alpha value is -1.95. The number of aliphatic hydroxyl groups is 1. The predicted molar refractivity (Wildman–Crippen MR) is 65.8 cm³/mol. The number of rotatable bonds is 5. The molecule has 6 heteroatoms. The van der Waals surface area contributed by atoms with Crippen LogP contribution in [0.15, 0.2) is 18.3 Å². The fraction of sp³-hybridized carbons (Fsp3) is 0.417. The molecule has 0 unspecified atom stereocenters. The number of amides is 2. The lowest BCUT2D eigenvalue weighted by atomic mass is 10.2. The van der Waals surface area contributed by atoms with Crippen LogP contribution in [0.4, 0.5) is 0 Å². The molecule has 6 nitrogen and oxygen atoms in total. The molecule has 2 N–H and O–H groups in total. The number of hydrogen-bond donors (Lipinski definition) is 2. The summed E-state index contributed by atoms with van der Waals surface area (Å²) in [6.07, 6.45) is 1.52. The molecule has 18 heavy (non-hydrogen) atoms. The van der Waals surface area contributed by atoms with Gasteiger partial charge in [0.25, 0.3) is 5.91 Å². The maximum Gasteiger partial charge on any atom is 0.253 e. The highest BCUT2D eigenvalue weighted by atomic mass is 16.3. The molecular weight excluding hydrogens is 234 g/mol. The lowest BCUT2D eigenvalue weighted by Crippen LogP contribution is -2.29. The van der Waals surface area contributed by atoms with Crippen molar-refractivity contribution in [2.45, 2.75) is 13.5 Å². The Bertz CT molecular complexity index is 434. The SMILES string of the molecule is CC(=O)NCc1cc(C(=O)N(C)CCO)ccn1. The summed E-state index contributed by atoms with van der Waals surface area (Å²) in [6.45, 7) is 1.92. The third-order valence-electron chi connectivity index (χ3n) is 2.36. The predicted octanol–water partition coefficient (Wildman–Crippen LogP) is -0.218. The molecule has 1 rings (SSSR count). The number of hydrogen-bond acceptors (Lipinski definition) is 4. The van der Waals surface area contributed by atoms with E-state index in [0.29, 0.717) is 17.8 Å². The largest absolute Gasteiger partial charge is 0.395 e. The van der Waals surface area contributed by atoms with E-state index in [1.807, 2.05) is 0 Å². The van der Waals surface area contributed by atoms with Crippen molar-refractivity contribution in [2.75, 3.05) is 20.2 Å². The summed E-state index contributed by atoms with van der Waals surface area (Å²) < 4.78 is 0. The Morgan fingerprint density at radius 1 is 1.50 bits per heavy atom. The molecule has 0 spiro atoms. The first-order chi connectivity index (χ1) is 8.54. The van der Waals surface area contributed by atoms with E-state index < -0.39 is 0 Å². The number of nitrogens with zero attached hydrogens (tertiary/aromatic N) is 2. The fourth-order valence-corrected chi connectivity index (χ4v) is 1.39. The molecule has 0 bridgehead atoms. The molecule has 1 aromatic heterocycles. The van der Waals surface area contributed by atoms with E-state index >= 15 is 0 Å². The molecule has 0 radical (unpaired) electrons. The van der Waals surface area contributed by atoms with Crippen LogP contribution < -0.4 is 5.32 Å². The Balaban J connectivity index is 2.75. The van der Waals surface area contributed by atoms with Gasteiger partial charge in [0.05, 0.1) is 18.8 Å². The molecule has 0 aliphatic carbocycles. The van der Waals surface area contributed by atoms with Crippen LogP contribution in [0.3, 0.4) is 0 Å². The second-order valence-corrected chi connectivity index (χ2v) is 3.90. The van der Waals surface area contributed by atoms with Crippen molar-refractivity contribution in [3.8, 4) is 0 Å². The van der Waals surface area contributed by atoms with Crippen LogP contribution >= 0.6 is 0 Å². The Morgan fingerprint density at radius 3 is 2.83 bits per heavy atom. The standard InChI is InChI=1S/C12H17N3O3/c1-9(17)14-8-11-7-10(3-4-13-11)12(18)15(2)5-6-16/h3-4,7,16H,5-6,8H2,1-2H3,(H,14,17). The molecular formula is C12H17N3O3. The highest BCUT2D eigenvalue weighted by Gasteiger charge is 2.11. The van der Waals surface area contributed by atoms with Crippen molar-refractivity contribution in [1.82, 2.24) is 15.2 Å². The van der Waals surface area contributed by atoms with Crippen LogP contribution in [-0.2, 0) is 11.3 Å². The maximum absolute atomic E-state index is 11.9. The topological polar surface area (TPSA) is 82.5 Å². The second-order valence-electron chi connectivity index (χ2n) is 3.90. The number of carbonyl (C=O) groups excluding carboxylic acids is 2. The van der Waals surface area contributed by atoms with Gasteiger partial charge in [-0.1, -0.05) is 0 Å². The summed E-state index contributed by atoms with van der Waals surface area (Å²) in [5.74, 6) is -0.332. The van der Waals surface area contributed by atoms with E-state index in [0.717, 1.165) is 0 Å². The van der Waals surface area contributed by atoms with Gasteiger partial charge in [-0.25, -0.2) is 0 Å². The third kappa shape index (κ3) is 4.14. The van der Waals surface area contributed by atoms with Gasteiger partial charge >= 0.3 is 0 Å². The van der Waals surface area contributed by atoms with Crippen molar-refractivity contribution < 1.29 is 14.7 Å². The Kier molecular flexibility index (Phi) is 5.26.